The lowest BCUT2D eigenvalue weighted by Crippen LogP contribution is -2.11. The Morgan fingerprint density at radius 3 is 2.53 bits per heavy atom. The van der Waals surface area contributed by atoms with Crippen molar-refractivity contribution < 1.29 is 8.95 Å². The van der Waals surface area contributed by atoms with Crippen molar-refractivity contribution in [1.29, 1.82) is 0 Å². The number of hydrogen-bond donors (Lipinski definition) is 1. The van der Waals surface area contributed by atoms with Crippen LogP contribution in [0.25, 0.3) is 0 Å². The second-order valence-electron chi connectivity index (χ2n) is 4.10. The van der Waals surface area contributed by atoms with Gasteiger partial charge in [0.25, 0.3) is 0 Å². The van der Waals surface area contributed by atoms with E-state index in [4.69, 9.17) is 10.5 Å². The van der Waals surface area contributed by atoms with Gasteiger partial charge >= 0.3 is 0 Å². The number of rotatable bonds is 6. The Bertz CT molecular complexity index is 389. The summed E-state index contributed by atoms with van der Waals surface area (Å²) in [5.41, 5.74) is 6.43. The van der Waals surface area contributed by atoms with E-state index in [1.54, 1.807) is 25.3 Å². The van der Waals surface area contributed by atoms with Gasteiger partial charge in [-0.25, -0.2) is 0 Å². The summed E-state index contributed by atoms with van der Waals surface area (Å²) in [7, 11) is 0.555. The molecule has 3 nitrogen and oxygen atoms in total. The molecule has 96 valence electrons. The Morgan fingerprint density at radius 1 is 1.35 bits per heavy atom. The molecule has 0 saturated heterocycles. The van der Waals surface area contributed by atoms with E-state index in [0.717, 1.165) is 12.8 Å². The molecule has 0 bridgehead atoms. The molecule has 0 aliphatic rings. The SMILES string of the molecule is CCC(CC)CS(=O)c1cc(OC)ccc1N. The fourth-order valence-corrected chi connectivity index (χ4v) is 3.32. The summed E-state index contributed by atoms with van der Waals surface area (Å²) in [5.74, 6) is 1.86. The summed E-state index contributed by atoms with van der Waals surface area (Å²) in [4.78, 5) is 0.691. The zero-order chi connectivity index (χ0) is 12.8. The molecule has 4 heteroatoms. The summed E-state index contributed by atoms with van der Waals surface area (Å²) in [6, 6.07) is 5.31. The molecule has 0 aromatic heterocycles. The molecule has 0 radical (unpaired) electrons. The minimum absolute atomic E-state index is 0.487. The molecular formula is C13H21NO2S. The smallest absolute Gasteiger partial charge is 0.120 e. The van der Waals surface area contributed by atoms with Crippen molar-refractivity contribution in [3.8, 4) is 5.75 Å². The van der Waals surface area contributed by atoms with Crippen LogP contribution in [0.3, 0.4) is 0 Å². The monoisotopic (exact) mass is 255 g/mol. The fraction of sp³-hybridized carbons (Fsp3) is 0.538. The fourth-order valence-electron chi connectivity index (χ4n) is 1.67. The van der Waals surface area contributed by atoms with Gasteiger partial charge in [0.15, 0.2) is 0 Å². The number of hydrogen-bond acceptors (Lipinski definition) is 3. The molecule has 0 fully saturated rings. The van der Waals surface area contributed by atoms with Gasteiger partial charge in [0.05, 0.1) is 22.8 Å². The molecule has 1 atom stereocenters. The standard InChI is InChI=1S/C13H21NO2S/c1-4-10(5-2)9-17(15)13-8-11(16-3)6-7-12(13)14/h6-8,10H,4-5,9,14H2,1-3H3. The van der Waals surface area contributed by atoms with Crippen molar-refractivity contribution in [2.45, 2.75) is 31.6 Å². The molecule has 1 unspecified atom stereocenters. The average molecular weight is 255 g/mol. The van der Waals surface area contributed by atoms with Gasteiger partial charge in [0.1, 0.15) is 5.75 Å². The Kier molecular flexibility index (Phi) is 5.48. The second kappa shape index (κ2) is 6.64. The molecule has 0 aliphatic carbocycles. The highest BCUT2D eigenvalue weighted by molar-refractivity contribution is 7.85. The van der Waals surface area contributed by atoms with E-state index >= 15 is 0 Å². The lowest BCUT2D eigenvalue weighted by Gasteiger charge is -2.13. The van der Waals surface area contributed by atoms with Crippen molar-refractivity contribution in [2.75, 3.05) is 18.6 Å². The molecule has 0 aliphatic heterocycles. The van der Waals surface area contributed by atoms with Crippen LogP contribution in [0.4, 0.5) is 5.69 Å². The molecule has 0 heterocycles. The van der Waals surface area contributed by atoms with Crippen molar-refractivity contribution in [3.63, 3.8) is 0 Å². The van der Waals surface area contributed by atoms with Crippen LogP contribution in [-0.4, -0.2) is 17.1 Å². The molecule has 17 heavy (non-hydrogen) atoms. The van der Waals surface area contributed by atoms with E-state index in [1.807, 2.05) is 0 Å². The topological polar surface area (TPSA) is 52.3 Å². The predicted molar refractivity (Wildman–Crippen MR) is 72.8 cm³/mol. The molecule has 2 N–H and O–H groups in total. The van der Waals surface area contributed by atoms with Crippen molar-refractivity contribution in [3.05, 3.63) is 18.2 Å². The zero-order valence-electron chi connectivity index (χ0n) is 10.7. The summed E-state index contributed by atoms with van der Waals surface area (Å²) in [6.45, 7) is 4.25. The number of methoxy groups -OCH3 is 1. The Labute approximate surface area is 106 Å². The number of ether oxygens (including phenoxy) is 1. The van der Waals surface area contributed by atoms with Gasteiger partial charge in [-0.1, -0.05) is 26.7 Å². The van der Waals surface area contributed by atoms with Gasteiger partial charge in [-0.15, -0.1) is 0 Å². The average Bonchev–Trinajstić information content (AvgIpc) is 2.36. The molecule has 0 spiro atoms. The van der Waals surface area contributed by atoms with Crippen LogP contribution in [0.1, 0.15) is 26.7 Å². The van der Waals surface area contributed by atoms with Crippen molar-refractivity contribution in [2.24, 2.45) is 5.92 Å². The minimum atomic E-state index is -1.04. The third kappa shape index (κ3) is 3.73. The first kappa shape index (κ1) is 14.0. The lowest BCUT2D eigenvalue weighted by molar-refractivity contribution is 0.413. The van der Waals surface area contributed by atoms with E-state index in [9.17, 15) is 4.21 Å². The quantitative estimate of drug-likeness (QED) is 0.795. The first-order valence-corrected chi connectivity index (χ1v) is 7.26. The molecule has 1 aromatic carbocycles. The van der Waals surface area contributed by atoms with E-state index < -0.39 is 10.8 Å². The van der Waals surface area contributed by atoms with Gasteiger partial charge in [-0.2, -0.15) is 0 Å². The predicted octanol–water partition coefficient (Wildman–Crippen LogP) is 2.82. The molecule has 1 aromatic rings. The highest BCUT2D eigenvalue weighted by atomic mass is 32.2. The van der Waals surface area contributed by atoms with Crippen LogP contribution in [0, 0.1) is 5.92 Å². The summed E-state index contributed by atoms with van der Waals surface area (Å²) < 4.78 is 17.4. The van der Waals surface area contributed by atoms with E-state index in [0.29, 0.717) is 28.0 Å². The largest absolute Gasteiger partial charge is 0.497 e. The maximum Gasteiger partial charge on any atom is 0.120 e. The Balaban J connectivity index is 2.87. The van der Waals surface area contributed by atoms with E-state index in [1.165, 1.54) is 0 Å². The Morgan fingerprint density at radius 2 is 2.00 bits per heavy atom. The molecule has 0 saturated carbocycles. The molecule has 1 rings (SSSR count). The molecular weight excluding hydrogens is 234 g/mol. The van der Waals surface area contributed by atoms with Crippen LogP contribution in [0.15, 0.2) is 23.1 Å². The first-order chi connectivity index (χ1) is 8.12. The summed E-state index contributed by atoms with van der Waals surface area (Å²) in [6.07, 6.45) is 2.10. The highest BCUT2D eigenvalue weighted by Gasteiger charge is 2.14. The third-order valence-corrected chi connectivity index (χ3v) is 4.63. The highest BCUT2D eigenvalue weighted by Crippen LogP contribution is 2.24. The van der Waals surface area contributed by atoms with Crippen LogP contribution < -0.4 is 10.5 Å². The summed E-state index contributed by atoms with van der Waals surface area (Å²) in [5, 5.41) is 0. The zero-order valence-corrected chi connectivity index (χ0v) is 11.5. The van der Waals surface area contributed by atoms with Crippen LogP contribution in [-0.2, 0) is 10.8 Å². The molecule has 0 amide bonds. The van der Waals surface area contributed by atoms with Crippen LogP contribution in [0.2, 0.25) is 0 Å². The van der Waals surface area contributed by atoms with Crippen molar-refractivity contribution >= 4 is 16.5 Å². The lowest BCUT2D eigenvalue weighted by atomic mass is 10.1. The van der Waals surface area contributed by atoms with Gasteiger partial charge < -0.3 is 10.5 Å². The number of nitrogens with two attached hydrogens (primary N) is 1. The van der Waals surface area contributed by atoms with Crippen LogP contribution in [0.5, 0.6) is 5.75 Å². The van der Waals surface area contributed by atoms with Crippen molar-refractivity contribution in [1.82, 2.24) is 0 Å². The second-order valence-corrected chi connectivity index (χ2v) is 5.56. The number of nitrogen functional groups attached to an aromatic ring is 1. The van der Waals surface area contributed by atoms with Gasteiger partial charge in [0.2, 0.25) is 0 Å². The first-order valence-electron chi connectivity index (χ1n) is 5.94. The maximum atomic E-state index is 12.2. The van der Waals surface area contributed by atoms with Gasteiger partial charge in [-0.05, 0) is 24.1 Å². The van der Waals surface area contributed by atoms with E-state index in [-0.39, 0.29) is 0 Å². The van der Waals surface area contributed by atoms with Gasteiger partial charge in [-0.3, -0.25) is 4.21 Å². The summed E-state index contributed by atoms with van der Waals surface area (Å²) >= 11 is 0. The number of benzene rings is 1. The number of anilines is 1. The van der Waals surface area contributed by atoms with Gasteiger partial charge in [0, 0.05) is 11.4 Å². The third-order valence-electron chi connectivity index (χ3n) is 3.01. The minimum Gasteiger partial charge on any atom is -0.497 e. The normalized spacial score (nSPS) is 12.7. The van der Waals surface area contributed by atoms with E-state index in [2.05, 4.69) is 13.8 Å². The Hall–Kier alpha value is -1.03. The maximum absolute atomic E-state index is 12.2. The van der Waals surface area contributed by atoms with Crippen LogP contribution >= 0.6 is 0 Å².